The van der Waals surface area contributed by atoms with Gasteiger partial charge in [0.2, 0.25) is 10.0 Å². The van der Waals surface area contributed by atoms with Gasteiger partial charge >= 0.3 is 0 Å². The van der Waals surface area contributed by atoms with E-state index in [0.29, 0.717) is 5.56 Å². The quantitative estimate of drug-likeness (QED) is 0.913. The number of rotatable bonds is 5. The Bertz CT molecular complexity index is 774. The first-order valence-electron chi connectivity index (χ1n) is 6.58. The first-order chi connectivity index (χ1) is 10.4. The Morgan fingerprint density at radius 1 is 1.05 bits per heavy atom. The van der Waals surface area contributed by atoms with Gasteiger partial charge in [0, 0.05) is 11.4 Å². The molecule has 0 aliphatic rings. The first kappa shape index (κ1) is 16.3. The number of hydrogen-bond acceptors (Lipinski definition) is 2. The average Bonchev–Trinajstić information content (AvgIpc) is 2.49. The molecule has 0 amide bonds. The molecule has 0 radical (unpaired) electrons. The second-order valence-corrected chi connectivity index (χ2v) is 6.37. The van der Waals surface area contributed by atoms with Crippen molar-refractivity contribution in [2.75, 3.05) is 0 Å². The maximum Gasteiger partial charge on any atom is 0.234 e. The molecule has 0 aliphatic heterocycles. The molecule has 0 spiro atoms. The van der Waals surface area contributed by atoms with Crippen molar-refractivity contribution in [2.45, 2.75) is 13.0 Å². The van der Waals surface area contributed by atoms with E-state index in [9.17, 15) is 17.2 Å². The zero-order valence-electron chi connectivity index (χ0n) is 11.8. The van der Waals surface area contributed by atoms with E-state index in [4.69, 9.17) is 0 Å². The zero-order chi connectivity index (χ0) is 16.2. The predicted octanol–water partition coefficient (Wildman–Crippen LogP) is 3.62. The van der Waals surface area contributed by atoms with Gasteiger partial charge in [0.05, 0.1) is 0 Å². The fourth-order valence-corrected chi connectivity index (χ4v) is 2.91. The zero-order valence-corrected chi connectivity index (χ0v) is 12.6. The number of sulfonamides is 1. The lowest BCUT2D eigenvalue weighted by Gasteiger charge is -2.13. The summed E-state index contributed by atoms with van der Waals surface area (Å²) in [5, 5.41) is 1.04. The summed E-state index contributed by atoms with van der Waals surface area (Å²) >= 11 is 0. The van der Waals surface area contributed by atoms with Crippen LogP contribution in [0.1, 0.15) is 24.1 Å². The van der Waals surface area contributed by atoms with Crippen LogP contribution in [0.5, 0.6) is 0 Å². The maximum atomic E-state index is 13.2. The standard InChI is InChI=1S/C16H15F2NO2S/c1-12(14-7-8-15(17)16(18)11-14)19-22(20,21)10-9-13-5-3-2-4-6-13/h2-12,19H,1H3/b10-9+/t12-/m1/s1. The molecule has 1 N–H and O–H groups in total. The number of nitrogens with one attached hydrogen (secondary N) is 1. The molecule has 0 saturated carbocycles. The van der Waals surface area contributed by atoms with E-state index in [1.54, 1.807) is 31.2 Å². The van der Waals surface area contributed by atoms with Crippen LogP contribution in [0.15, 0.2) is 53.9 Å². The Balaban J connectivity index is 2.11. The molecule has 116 valence electrons. The van der Waals surface area contributed by atoms with Gasteiger partial charge in [0.1, 0.15) is 0 Å². The maximum absolute atomic E-state index is 13.2. The van der Waals surface area contributed by atoms with Gasteiger partial charge in [-0.05, 0) is 36.3 Å². The minimum atomic E-state index is -3.70. The first-order valence-corrected chi connectivity index (χ1v) is 8.12. The minimum absolute atomic E-state index is 0.343. The Labute approximate surface area is 128 Å². The minimum Gasteiger partial charge on any atom is -0.208 e. The highest BCUT2D eigenvalue weighted by Crippen LogP contribution is 2.17. The van der Waals surface area contributed by atoms with Gasteiger partial charge in [-0.3, -0.25) is 0 Å². The third-order valence-electron chi connectivity index (χ3n) is 3.02. The summed E-state index contributed by atoms with van der Waals surface area (Å²) in [5.74, 6) is -1.98. The fraction of sp³-hybridized carbons (Fsp3) is 0.125. The lowest BCUT2D eigenvalue weighted by molar-refractivity contribution is 0.504. The van der Waals surface area contributed by atoms with Crippen LogP contribution in [0, 0.1) is 11.6 Å². The van der Waals surface area contributed by atoms with E-state index in [1.807, 2.05) is 6.07 Å². The molecular formula is C16H15F2NO2S. The molecule has 0 heterocycles. The highest BCUT2D eigenvalue weighted by Gasteiger charge is 2.14. The van der Waals surface area contributed by atoms with Gasteiger partial charge < -0.3 is 0 Å². The molecule has 0 saturated heterocycles. The van der Waals surface area contributed by atoms with E-state index in [-0.39, 0.29) is 0 Å². The van der Waals surface area contributed by atoms with Gasteiger partial charge in [-0.25, -0.2) is 21.9 Å². The molecule has 2 rings (SSSR count). The third-order valence-corrected chi connectivity index (χ3v) is 4.20. The number of benzene rings is 2. The summed E-state index contributed by atoms with van der Waals surface area (Å²) in [7, 11) is -3.70. The third kappa shape index (κ3) is 4.47. The Hall–Kier alpha value is -2.05. The summed E-state index contributed by atoms with van der Waals surface area (Å²) < 4.78 is 52.4. The number of hydrogen-bond donors (Lipinski definition) is 1. The molecule has 0 fully saturated rings. The highest BCUT2D eigenvalue weighted by atomic mass is 32.2. The van der Waals surface area contributed by atoms with E-state index in [1.165, 1.54) is 12.1 Å². The fourth-order valence-electron chi connectivity index (χ4n) is 1.87. The smallest absolute Gasteiger partial charge is 0.208 e. The summed E-state index contributed by atoms with van der Waals surface area (Å²) in [5.41, 5.74) is 1.09. The molecule has 0 aromatic heterocycles. The molecule has 1 atom stereocenters. The van der Waals surface area contributed by atoms with E-state index >= 15 is 0 Å². The van der Waals surface area contributed by atoms with Crippen LogP contribution in [-0.2, 0) is 10.0 Å². The van der Waals surface area contributed by atoms with Gasteiger partial charge in [-0.15, -0.1) is 0 Å². The summed E-state index contributed by atoms with van der Waals surface area (Å²) in [6.07, 6.45) is 1.46. The Kier molecular flexibility index (Phi) is 5.05. The number of halogens is 2. The van der Waals surface area contributed by atoms with E-state index in [2.05, 4.69) is 4.72 Å². The van der Waals surface area contributed by atoms with E-state index < -0.39 is 27.7 Å². The van der Waals surface area contributed by atoms with E-state index in [0.717, 1.165) is 23.1 Å². The van der Waals surface area contributed by atoms with Crippen molar-refractivity contribution in [3.05, 3.63) is 76.7 Å². The van der Waals surface area contributed by atoms with Gasteiger partial charge in [-0.2, -0.15) is 0 Å². The van der Waals surface area contributed by atoms with Crippen molar-refractivity contribution >= 4 is 16.1 Å². The lowest BCUT2D eigenvalue weighted by Crippen LogP contribution is -2.24. The Morgan fingerprint density at radius 2 is 1.73 bits per heavy atom. The van der Waals surface area contributed by atoms with Crippen LogP contribution in [0.2, 0.25) is 0 Å². The predicted molar refractivity (Wildman–Crippen MR) is 82.3 cm³/mol. The van der Waals surface area contributed by atoms with Crippen LogP contribution >= 0.6 is 0 Å². The molecule has 0 bridgehead atoms. The molecule has 22 heavy (non-hydrogen) atoms. The summed E-state index contributed by atoms with van der Waals surface area (Å²) in [4.78, 5) is 0. The molecule has 2 aromatic rings. The van der Waals surface area contributed by atoms with Crippen molar-refractivity contribution in [2.24, 2.45) is 0 Å². The van der Waals surface area contributed by atoms with Crippen LogP contribution in [0.3, 0.4) is 0 Å². The van der Waals surface area contributed by atoms with Crippen LogP contribution in [-0.4, -0.2) is 8.42 Å². The molecule has 0 aliphatic carbocycles. The van der Waals surface area contributed by atoms with Gasteiger partial charge in [0.25, 0.3) is 0 Å². The average molecular weight is 323 g/mol. The normalized spacial score (nSPS) is 13.4. The van der Waals surface area contributed by atoms with Crippen molar-refractivity contribution in [1.82, 2.24) is 4.72 Å². The summed E-state index contributed by atoms with van der Waals surface area (Å²) in [6, 6.07) is 11.6. The lowest BCUT2D eigenvalue weighted by atomic mass is 10.1. The molecule has 0 unspecified atom stereocenters. The topological polar surface area (TPSA) is 46.2 Å². The van der Waals surface area contributed by atoms with Crippen LogP contribution in [0.4, 0.5) is 8.78 Å². The van der Waals surface area contributed by atoms with Crippen molar-refractivity contribution in [3.63, 3.8) is 0 Å². The van der Waals surface area contributed by atoms with Crippen LogP contribution in [0.25, 0.3) is 6.08 Å². The highest BCUT2D eigenvalue weighted by molar-refractivity contribution is 7.92. The molecule has 2 aromatic carbocycles. The Morgan fingerprint density at radius 3 is 2.36 bits per heavy atom. The van der Waals surface area contributed by atoms with Gasteiger partial charge in [0.15, 0.2) is 11.6 Å². The van der Waals surface area contributed by atoms with Gasteiger partial charge in [-0.1, -0.05) is 36.4 Å². The summed E-state index contributed by atoms with van der Waals surface area (Å²) in [6.45, 7) is 1.56. The second kappa shape index (κ2) is 6.81. The monoisotopic (exact) mass is 323 g/mol. The van der Waals surface area contributed by atoms with Crippen LogP contribution < -0.4 is 4.72 Å². The van der Waals surface area contributed by atoms with Crippen molar-refractivity contribution in [1.29, 1.82) is 0 Å². The molecule has 6 heteroatoms. The SMILES string of the molecule is C[C@@H](NS(=O)(=O)/C=C/c1ccccc1)c1ccc(F)c(F)c1. The molecular weight excluding hydrogens is 308 g/mol. The van der Waals surface area contributed by atoms with Crippen molar-refractivity contribution < 1.29 is 17.2 Å². The van der Waals surface area contributed by atoms with Crippen molar-refractivity contribution in [3.8, 4) is 0 Å². The largest absolute Gasteiger partial charge is 0.234 e. The second-order valence-electron chi connectivity index (χ2n) is 4.77. The molecule has 3 nitrogen and oxygen atoms in total.